The number of carbonyl (C=O) groups is 2. The van der Waals surface area contributed by atoms with Gasteiger partial charge in [0.25, 0.3) is 5.91 Å². The fourth-order valence-corrected chi connectivity index (χ4v) is 5.85. The van der Waals surface area contributed by atoms with E-state index < -0.39 is 0 Å². The zero-order valence-electron chi connectivity index (χ0n) is 21.4. The third kappa shape index (κ3) is 6.01. The van der Waals surface area contributed by atoms with Crippen LogP contribution in [0.1, 0.15) is 64.5 Å². The average molecular weight is 505 g/mol. The molecule has 2 atom stereocenters. The van der Waals surface area contributed by atoms with E-state index in [1.165, 1.54) is 0 Å². The fraction of sp³-hybridized carbons (Fsp3) is 0.414. The van der Waals surface area contributed by atoms with Gasteiger partial charge in [-0.05, 0) is 56.0 Å². The summed E-state index contributed by atoms with van der Waals surface area (Å²) in [5.41, 5.74) is 3.86. The molecule has 2 N–H and O–H groups in total. The molecule has 0 saturated carbocycles. The van der Waals surface area contributed by atoms with Crippen molar-refractivity contribution in [3.8, 4) is 0 Å². The van der Waals surface area contributed by atoms with Crippen molar-refractivity contribution in [3.63, 3.8) is 0 Å². The second kappa shape index (κ2) is 12.3. The van der Waals surface area contributed by atoms with Gasteiger partial charge in [0.05, 0.1) is 17.3 Å². The van der Waals surface area contributed by atoms with Crippen LogP contribution in [0.15, 0.2) is 70.9 Å². The number of hydrogen-bond donors (Lipinski definition) is 2. The van der Waals surface area contributed by atoms with Crippen molar-refractivity contribution in [2.75, 3.05) is 22.9 Å². The summed E-state index contributed by atoms with van der Waals surface area (Å²) >= 11 is 1.74. The molecule has 2 aromatic rings. The number of rotatable bonds is 9. The molecular formula is C29H36N4O2S. The normalized spacial score (nSPS) is 18.2. The van der Waals surface area contributed by atoms with Gasteiger partial charge in [-0.1, -0.05) is 68.8 Å². The summed E-state index contributed by atoms with van der Waals surface area (Å²) < 4.78 is 0. The van der Waals surface area contributed by atoms with E-state index in [2.05, 4.69) is 29.4 Å². The summed E-state index contributed by atoms with van der Waals surface area (Å²) in [5.74, 6) is 0.945. The molecule has 0 unspecified atom stereocenters. The van der Waals surface area contributed by atoms with Crippen LogP contribution in [0.4, 0.5) is 11.4 Å². The molecule has 2 aliphatic rings. The molecule has 190 valence electrons. The van der Waals surface area contributed by atoms with E-state index in [4.69, 9.17) is 4.99 Å². The summed E-state index contributed by atoms with van der Waals surface area (Å²) in [7, 11) is 0. The maximum absolute atomic E-state index is 13.6. The number of carbonyl (C=O) groups excluding carboxylic acids is 2. The van der Waals surface area contributed by atoms with E-state index in [9.17, 15) is 9.59 Å². The number of aliphatic imine (C=N–C) groups is 1. The molecule has 2 heterocycles. The predicted octanol–water partition coefficient (Wildman–Crippen LogP) is 6.60. The Morgan fingerprint density at radius 3 is 2.61 bits per heavy atom. The number of nitrogens with zero attached hydrogens (tertiary/aromatic N) is 2. The van der Waals surface area contributed by atoms with Gasteiger partial charge in [-0.3, -0.25) is 9.59 Å². The standard InChI is InChI=1S/C29H36N4O2S/c1-4-6-12-21(5-2)27(34)32-24-16-10-13-22(19-24)26-25(28(35)31-23-14-8-7-9-15-23)20(3)30-29-33(26)17-11-18-36-29/h7-10,13-16,19,21,26H,4-6,11-12,17-18H2,1-3H3,(H,31,35)(H,32,34)/t21-,26+/m1/s1. The van der Waals surface area contributed by atoms with E-state index in [0.717, 1.165) is 72.2 Å². The van der Waals surface area contributed by atoms with Crippen LogP contribution >= 0.6 is 11.8 Å². The first kappa shape index (κ1) is 26.0. The number of benzene rings is 2. The topological polar surface area (TPSA) is 73.8 Å². The van der Waals surface area contributed by atoms with Crippen molar-refractivity contribution in [2.24, 2.45) is 10.9 Å². The number of allylic oxidation sites excluding steroid dienone is 1. The van der Waals surface area contributed by atoms with Gasteiger partial charge < -0.3 is 15.5 Å². The average Bonchev–Trinajstić information content (AvgIpc) is 2.89. The minimum absolute atomic E-state index is 0.00914. The smallest absolute Gasteiger partial charge is 0.255 e. The third-order valence-electron chi connectivity index (χ3n) is 6.77. The van der Waals surface area contributed by atoms with Crippen LogP contribution in [0.5, 0.6) is 0 Å². The largest absolute Gasteiger partial charge is 0.340 e. The fourth-order valence-electron chi connectivity index (χ4n) is 4.83. The van der Waals surface area contributed by atoms with Crippen LogP contribution in [0.3, 0.4) is 0 Å². The van der Waals surface area contributed by atoms with Gasteiger partial charge in [0.1, 0.15) is 0 Å². The Labute approximate surface area is 218 Å². The molecule has 1 fully saturated rings. The zero-order chi connectivity index (χ0) is 25.5. The second-order valence-corrected chi connectivity index (χ2v) is 10.4. The highest BCUT2D eigenvalue weighted by Crippen LogP contribution is 2.40. The molecule has 36 heavy (non-hydrogen) atoms. The summed E-state index contributed by atoms with van der Waals surface area (Å²) in [6, 6.07) is 17.2. The number of hydrogen-bond acceptors (Lipinski definition) is 5. The highest BCUT2D eigenvalue weighted by Gasteiger charge is 2.37. The Morgan fingerprint density at radius 2 is 1.86 bits per heavy atom. The van der Waals surface area contributed by atoms with Gasteiger partial charge >= 0.3 is 0 Å². The highest BCUT2D eigenvalue weighted by atomic mass is 32.2. The number of para-hydroxylation sites is 1. The van der Waals surface area contributed by atoms with Gasteiger partial charge in [-0.2, -0.15) is 0 Å². The number of anilines is 2. The van der Waals surface area contributed by atoms with Crippen LogP contribution < -0.4 is 10.6 Å². The van der Waals surface area contributed by atoms with E-state index in [0.29, 0.717) is 5.57 Å². The summed E-state index contributed by atoms with van der Waals surface area (Å²) in [6.07, 6.45) is 4.88. The van der Waals surface area contributed by atoms with Gasteiger partial charge in [0.2, 0.25) is 5.91 Å². The van der Waals surface area contributed by atoms with Crippen molar-refractivity contribution in [1.29, 1.82) is 0 Å². The molecule has 1 saturated heterocycles. The quantitative estimate of drug-likeness (QED) is 0.403. The molecule has 0 bridgehead atoms. The SMILES string of the molecule is CCCC[C@@H](CC)C(=O)Nc1cccc([C@H]2C(C(=O)Nc3ccccc3)=C(C)N=C3SCCCN32)c1. The number of thioether (sulfide) groups is 1. The molecule has 2 amide bonds. The van der Waals surface area contributed by atoms with Crippen molar-refractivity contribution in [2.45, 2.75) is 58.9 Å². The molecule has 4 rings (SSSR count). The highest BCUT2D eigenvalue weighted by molar-refractivity contribution is 8.13. The third-order valence-corrected chi connectivity index (χ3v) is 7.85. The monoisotopic (exact) mass is 504 g/mol. The molecule has 0 radical (unpaired) electrons. The Bertz CT molecular complexity index is 1140. The Morgan fingerprint density at radius 1 is 1.08 bits per heavy atom. The molecule has 0 aromatic heterocycles. The van der Waals surface area contributed by atoms with E-state index >= 15 is 0 Å². The second-order valence-electron chi connectivity index (χ2n) is 9.37. The Kier molecular flexibility index (Phi) is 8.86. The lowest BCUT2D eigenvalue weighted by atomic mass is 9.93. The van der Waals surface area contributed by atoms with E-state index in [1.54, 1.807) is 11.8 Å². The summed E-state index contributed by atoms with van der Waals surface area (Å²) in [5, 5.41) is 7.15. The molecular weight excluding hydrogens is 468 g/mol. The van der Waals surface area contributed by atoms with E-state index in [-0.39, 0.29) is 23.8 Å². The van der Waals surface area contributed by atoms with Crippen LogP contribution in [0.25, 0.3) is 0 Å². The first-order chi connectivity index (χ1) is 17.5. The lowest BCUT2D eigenvalue weighted by Gasteiger charge is -2.41. The molecule has 0 spiro atoms. The predicted molar refractivity (Wildman–Crippen MR) is 150 cm³/mol. The maximum Gasteiger partial charge on any atom is 0.255 e. The summed E-state index contributed by atoms with van der Waals surface area (Å²) in [6.45, 7) is 6.96. The zero-order valence-corrected chi connectivity index (χ0v) is 22.2. The Hall–Kier alpha value is -3.06. The lowest BCUT2D eigenvalue weighted by Crippen LogP contribution is -2.43. The van der Waals surface area contributed by atoms with Crippen molar-refractivity contribution < 1.29 is 9.59 Å². The minimum atomic E-state index is -0.270. The Balaban J connectivity index is 1.65. The minimum Gasteiger partial charge on any atom is -0.340 e. The van der Waals surface area contributed by atoms with Crippen molar-refractivity contribution in [3.05, 3.63) is 71.4 Å². The lowest BCUT2D eigenvalue weighted by molar-refractivity contribution is -0.120. The molecule has 6 nitrogen and oxygen atoms in total. The van der Waals surface area contributed by atoms with Crippen LogP contribution in [-0.2, 0) is 9.59 Å². The number of unbranched alkanes of at least 4 members (excludes halogenated alkanes) is 1. The number of fused-ring (bicyclic) bond motifs is 1. The maximum atomic E-state index is 13.6. The first-order valence-electron chi connectivity index (χ1n) is 13.0. The summed E-state index contributed by atoms with van der Waals surface area (Å²) in [4.78, 5) is 33.6. The van der Waals surface area contributed by atoms with Gasteiger partial charge in [0, 0.05) is 29.6 Å². The van der Waals surface area contributed by atoms with Crippen LogP contribution in [0, 0.1) is 5.92 Å². The number of nitrogens with one attached hydrogen (secondary N) is 2. The van der Waals surface area contributed by atoms with Gasteiger partial charge in [-0.15, -0.1) is 0 Å². The van der Waals surface area contributed by atoms with E-state index in [1.807, 2.05) is 61.5 Å². The molecule has 0 aliphatic carbocycles. The van der Waals surface area contributed by atoms with Crippen molar-refractivity contribution >= 4 is 40.1 Å². The molecule has 2 aromatic carbocycles. The van der Waals surface area contributed by atoms with Crippen molar-refractivity contribution in [1.82, 2.24) is 4.90 Å². The van der Waals surface area contributed by atoms with Crippen LogP contribution in [-0.4, -0.2) is 34.2 Å². The number of amides is 2. The van der Waals surface area contributed by atoms with Crippen LogP contribution in [0.2, 0.25) is 0 Å². The molecule has 7 heteroatoms. The molecule has 2 aliphatic heterocycles. The van der Waals surface area contributed by atoms with Gasteiger partial charge in [-0.25, -0.2) is 4.99 Å². The van der Waals surface area contributed by atoms with Gasteiger partial charge in [0.15, 0.2) is 5.17 Å². The first-order valence-corrected chi connectivity index (χ1v) is 14.0. The number of amidine groups is 1.